The molecule has 3 fully saturated rings. The number of benzene rings is 1. The summed E-state index contributed by atoms with van der Waals surface area (Å²) in [6, 6.07) is 0.0965. The lowest BCUT2D eigenvalue weighted by molar-refractivity contribution is -0.102. The summed E-state index contributed by atoms with van der Waals surface area (Å²) in [5, 5.41) is 0.644. The Bertz CT molecular complexity index is 1240. The average Bonchev–Trinajstić information content (AvgIpc) is 3.47. The molecule has 0 N–H and O–H groups in total. The lowest BCUT2D eigenvalue weighted by atomic mass is 10.0. The Hall–Kier alpha value is -2.28. The van der Waals surface area contributed by atoms with Crippen LogP contribution in [0.3, 0.4) is 0 Å². The Balaban J connectivity index is 1.38. The van der Waals surface area contributed by atoms with Gasteiger partial charge in [-0.15, -0.1) is 0 Å². The van der Waals surface area contributed by atoms with Crippen LogP contribution in [0.15, 0.2) is 4.47 Å². The number of carbonyl (C=O) groups excluding carboxylic acids is 1. The fourth-order valence-electron chi connectivity index (χ4n) is 5.73. The van der Waals surface area contributed by atoms with Gasteiger partial charge in [0.1, 0.15) is 29.6 Å². The van der Waals surface area contributed by atoms with E-state index in [0.29, 0.717) is 61.8 Å². The molecular formula is C26H32BrFN4O6. The molecule has 6 rings (SSSR count). The third-order valence-electron chi connectivity index (χ3n) is 7.36. The average molecular weight is 595 g/mol. The second kappa shape index (κ2) is 10.0. The quantitative estimate of drug-likeness (QED) is 0.521. The van der Waals surface area contributed by atoms with E-state index in [1.54, 1.807) is 4.90 Å². The maximum atomic E-state index is 15.7. The zero-order valence-corrected chi connectivity index (χ0v) is 23.4. The van der Waals surface area contributed by atoms with Gasteiger partial charge in [0.25, 0.3) is 0 Å². The van der Waals surface area contributed by atoms with Crippen LogP contribution in [0.2, 0.25) is 0 Å². The number of ether oxygens (including phenoxy) is 5. The zero-order chi connectivity index (χ0) is 26.6. The van der Waals surface area contributed by atoms with Crippen LogP contribution >= 0.6 is 15.9 Å². The van der Waals surface area contributed by atoms with Gasteiger partial charge in [-0.1, -0.05) is 0 Å². The van der Waals surface area contributed by atoms with Gasteiger partial charge in [0.2, 0.25) is 0 Å². The first-order valence-corrected chi connectivity index (χ1v) is 13.9. The summed E-state index contributed by atoms with van der Waals surface area (Å²) >= 11 is 3.42. The van der Waals surface area contributed by atoms with Gasteiger partial charge >= 0.3 is 12.1 Å². The van der Waals surface area contributed by atoms with Crippen molar-refractivity contribution in [3.63, 3.8) is 0 Å². The molecule has 3 atom stereocenters. The first kappa shape index (κ1) is 26.0. The van der Waals surface area contributed by atoms with Crippen molar-refractivity contribution in [3.05, 3.63) is 21.4 Å². The van der Waals surface area contributed by atoms with E-state index < -0.39 is 11.4 Å². The Morgan fingerprint density at radius 3 is 2.53 bits per heavy atom. The van der Waals surface area contributed by atoms with Crippen LogP contribution in [0.25, 0.3) is 10.9 Å². The van der Waals surface area contributed by atoms with Crippen molar-refractivity contribution in [2.24, 2.45) is 0 Å². The number of carbonyl (C=O) groups is 1. The molecule has 1 aromatic carbocycles. The van der Waals surface area contributed by atoms with Crippen molar-refractivity contribution < 1.29 is 32.9 Å². The second-order valence-corrected chi connectivity index (χ2v) is 12.0. The van der Waals surface area contributed by atoms with Crippen LogP contribution in [-0.2, 0) is 32.2 Å². The minimum Gasteiger partial charge on any atom is -0.461 e. The van der Waals surface area contributed by atoms with Crippen molar-refractivity contribution in [1.29, 1.82) is 0 Å². The molecule has 1 aromatic heterocycles. The van der Waals surface area contributed by atoms with E-state index in [2.05, 4.69) is 25.8 Å². The molecular weight excluding hydrogens is 563 g/mol. The first-order valence-electron chi connectivity index (χ1n) is 13.1. The van der Waals surface area contributed by atoms with Crippen LogP contribution in [0.4, 0.5) is 15.0 Å². The molecule has 206 valence electrons. The highest BCUT2D eigenvalue weighted by Gasteiger charge is 2.44. The van der Waals surface area contributed by atoms with Gasteiger partial charge in [0.15, 0.2) is 5.82 Å². The van der Waals surface area contributed by atoms with Crippen LogP contribution < -0.4 is 9.64 Å². The number of amides is 1. The summed E-state index contributed by atoms with van der Waals surface area (Å²) in [5.41, 5.74) is 1.28. The SMILES string of the molecule is CC(C)(C)OC(=O)N1CC2CCC(C1)N2c1nc(OC[C@H]2COCCO2)nc2c(F)c(Br)c3c(c12)COC3. The monoisotopic (exact) mass is 594 g/mol. The lowest BCUT2D eigenvalue weighted by Gasteiger charge is -2.42. The molecule has 38 heavy (non-hydrogen) atoms. The molecule has 1 amide bonds. The van der Waals surface area contributed by atoms with Gasteiger partial charge in [-0.05, 0) is 55.1 Å². The van der Waals surface area contributed by atoms with Crippen molar-refractivity contribution >= 4 is 38.7 Å². The Kier molecular flexibility index (Phi) is 6.86. The van der Waals surface area contributed by atoms with Crippen molar-refractivity contribution in [2.45, 2.75) is 70.6 Å². The van der Waals surface area contributed by atoms with Gasteiger partial charge in [-0.25, -0.2) is 9.18 Å². The third kappa shape index (κ3) is 4.80. The number of aromatic nitrogens is 2. The molecule has 0 radical (unpaired) electrons. The van der Waals surface area contributed by atoms with E-state index in [1.165, 1.54) is 0 Å². The highest BCUT2D eigenvalue weighted by molar-refractivity contribution is 9.10. The first-order chi connectivity index (χ1) is 18.2. The highest BCUT2D eigenvalue weighted by atomic mass is 79.9. The van der Waals surface area contributed by atoms with Gasteiger partial charge in [-0.2, -0.15) is 9.97 Å². The summed E-state index contributed by atoms with van der Waals surface area (Å²) in [7, 11) is 0. The Labute approximate surface area is 228 Å². The van der Waals surface area contributed by atoms with Gasteiger partial charge in [-0.3, -0.25) is 0 Å². The van der Waals surface area contributed by atoms with Gasteiger partial charge in [0.05, 0.1) is 42.9 Å². The van der Waals surface area contributed by atoms with Gasteiger partial charge in [0, 0.05) is 30.7 Å². The van der Waals surface area contributed by atoms with E-state index in [4.69, 9.17) is 28.7 Å². The number of hydrogen-bond donors (Lipinski definition) is 0. The number of hydrogen-bond acceptors (Lipinski definition) is 9. The van der Waals surface area contributed by atoms with E-state index in [9.17, 15) is 4.79 Å². The maximum Gasteiger partial charge on any atom is 0.410 e. The van der Waals surface area contributed by atoms with Gasteiger partial charge < -0.3 is 33.5 Å². The summed E-state index contributed by atoms with van der Waals surface area (Å²) in [4.78, 5) is 26.2. The molecule has 4 aliphatic rings. The normalized spacial score (nSPS) is 25.1. The van der Waals surface area contributed by atoms with E-state index in [-0.39, 0.29) is 42.4 Å². The fourth-order valence-corrected chi connectivity index (χ4v) is 6.27. The fraction of sp³-hybridized carbons (Fsp3) is 0.654. The summed E-state index contributed by atoms with van der Waals surface area (Å²) in [6.45, 7) is 8.92. The molecule has 5 heterocycles. The number of likely N-dealkylation sites (tertiary alicyclic amines) is 1. The van der Waals surface area contributed by atoms with Crippen molar-refractivity contribution in [3.8, 4) is 6.01 Å². The van der Waals surface area contributed by atoms with Crippen LogP contribution in [0.5, 0.6) is 6.01 Å². The zero-order valence-electron chi connectivity index (χ0n) is 21.8. The number of rotatable bonds is 4. The third-order valence-corrected chi connectivity index (χ3v) is 8.18. The molecule has 2 unspecified atom stereocenters. The van der Waals surface area contributed by atoms with Crippen molar-refractivity contribution in [2.75, 3.05) is 44.4 Å². The highest BCUT2D eigenvalue weighted by Crippen LogP contribution is 2.44. The molecule has 0 aliphatic carbocycles. The van der Waals surface area contributed by atoms with E-state index in [1.807, 2.05) is 20.8 Å². The van der Waals surface area contributed by atoms with Crippen LogP contribution in [-0.4, -0.2) is 84.3 Å². The predicted octanol–water partition coefficient (Wildman–Crippen LogP) is 3.94. The molecule has 2 bridgehead atoms. The predicted molar refractivity (Wildman–Crippen MR) is 139 cm³/mol. The van der Waals surface area contributed by atoms with Crippen LogP contribution in [0, 0.1) is 5.82 Å². The van der Waals surface area contributed by atoms with E-state index >= 15 is 4.39 Å². The van der Waals surface area contributed by atoms with E-state index in [0.717, 1.165) is 24.0 Å². The number of nitrogens with zero attached hydrogens (tertiary/aromatic N) is 4. The molecule has 0 spiro atoms. The topological polar surface area (TPSA) is 95.5 Å². The summed E-state index contributed by atoms with van der Waals surface area (Å²) < 4.78 is 44.6. The lowest BCUT2D eigenvalue weighted by Crippen LogP contribution is -2.56. The molecule has 12 heteroatoms. The molecule has 2 aromatic rings. The number of piperazine rings is 1. The van der Waals surface area contributed by atoms with Crippen LogP contribution in [0.1, 0.15) is 44.7 Å². The Morgan fingerprint density at radius 1 is 1.11 bits per heavy atom. The Morgan fingerprint density at radius 2 is 1.84 bits per heavy atom. The second-order valence-electron chi connectivity index (χ2n) is 11.2. The molecule has 4 aliphatic heterocycles. The molecule has 3 saturated heterocycles. The van der Waals surface area contributed by atoms with Crippen molar-refractivity contribution in [1.82, 2.24) is 14.9 Å². The maximum absolute atomic E-state index is 15.7. The largest absolute Gasteiger partial charge is 0.461 e. The molecule has 10 nitrogen and oxygen atoms in total. The minimum atomic E-state index is -0.569. The summed E-state index contributed by atoms with van der Waals surface area (Å²) in [6.07, 6.45) is 1.21. The minimum absolute atomic E-state index is 0.00646. The number of fused-ring (bicyclic) bond motifs is 5. The molecule has 0 saturated carbocycles. The standard InChI is InChI=1S/C26H32BrFN4O6/c1-26(2,3)38-25(33)31-8-14-4-5-15(9-31)32(14)23-19-17-12-35-13-18(17)20(27)21(28)22(19)29-24(30-23)37-11-16-10-34-6-7-36-16/h14-16H,4-13H2,1-3H3/t14?,15?,16-/m1/s1. The summed E-state index contributed by atoms with van der Waals surface area (Å²) in [5.74, 6) is 0.157. The number of anilines is 1. The number of halogens is 2. The smallest absolute Gasteiger partial charge is 0.410 e.